The Bertz CT molecular complexity index is 1300. The quantitative estimate of drug-likeness (QED) is 0.339. The fourth-order valence-corrected chi connectivity index (χ4v) is 6.84. The molecule has 1 atom stereocenters. The average Bonchev–Trinajstić information content (AvgIpc) is 2.96. The fraction of sp³-hybridized carbons (Fsp3) is 0.548. The van der Waals surface area contributed by atoms with E-state index < -0.39 is 0 Å². The molecule has 2 fully saturated rings. The summed E-state index contributed by atoms with van der Waals surface area (Å²) in [6.45, 7) is 15.3. The number of anilines is 2. The molecule has 1 aromatic carbocycles. The van der Waals surface area contributed by atoms with Gasteiger partial charge in [0.2, 0.25) is 12.5 Å². The molecule has 0 radical (unpaired) electrons. The summed E-state index contributed by atoms with van der Waals surface area (Å²) in [7, 11) is 4.17. The number of hydrogen-bond acceptors (Lipinski definition) is 7. The van der Waals surface area contributed by atoms with Gasteiger partial charge in [-0.3, -0.25) is 4.79 Å². The minimum atomic E-state index is -0.327. The highest BCUT2D eigenvalue weighted by Crippen LogP contribution is 2.37. The topological polar surface area (TPSA) is 69.4 Å². The van der Waals surface area contributed by atoms with Crippen LogP contribution in [0.2, 0.25) is 5.02 Å². The summed E-state index contributed by atoms with van der Waals surface area (Å²) in [5, 5.41) is 0.721. The zero-order valence-corrected chi connectivity index (χ0v) is 24.9. The number of para-hydroxylation sites is 1. The summed E-state index contributed by atoms with van der Waals surface area (Å²) in [6, 6.07) is 8.10. The molecule has 0 spiro atoms. The Kier molecular flexibility index (Phi) is 9.00. The third-order valence-corrected chi connectivity index (χ3v) is 8.75. The lowest BCUT2D eigenvalue weighted by atomic mass is 9.84. The maximum absolute atomic E-state index is 12.5. The molecular formula is C31H40ClN7O2. The number of hydrogen-bond donors (Lipinski definition) is 0. The fourth-order valence-electron chi connectivity index (χ4n) is 6.58. The maximum atomic E-state index is 12.5. The Morgan fingerprint density at radius 2 is 1.98 bits per heavy atom. The second kappa shape index (κ2) is 12.7. The van der Waals surface area contributed by atoms with E-state index >= 15 is 0 Å². The van der Waals surface area contributed by atoms with Gasteiger partial charge in [0.25, 0.3) is 0 Å². The predicted molar refractivity (Wildman–Crippen MR) is 163 cm³/mol. The van der Waals surface area contributed by atoms with Gasteiger partial charge >= 0.3 is 6.01 Å². The smallest absolute Gasteiger partial charge is 0.319 e. The summed E-state index contributed by atoms with van der Waals surface area (Å²) in [4.78, 5) is 34.8. The zero-order valence-electron chi connectivity index (χ0n) is 24.2. The van der Waals surface area contributed by atoms with Gasteiger partial charge in [-0.1, -0.05) is 36.7 Å². The Labute approximate surface area is 248 Å². The van der Waals surface area contributed by atoms with Crippen molar-refractivity contribution in [1.82, 2.24) is 19.8 Å². The lowest BCUT2D eigenvalue weighted by Crippen LogP contribution is -2.56. The van der Waals surface area contributed by atoms with Crippen molar-refractivity contribution in [3.05, 3.63) is 64.6 Å². The molecule has 0 bridgehead atoms. The van der Waals surface area contributed by atoms with Gasteiger partial charge in [0.1, 0.15) is 17.5 Å². The Morgan fingerprint density at radius 1 is 1.20 bits per heavy atom. The molecule has 0 unspecified atom stereocenters. The number of carbonyl (C=O) groups is 1. The Morgan fingerprint density at radius 3 is 2.68 bits per heavy atom. The molecule has 2 aliphatic heterocycles. The molecule has 1 saturated heterocycles. The minimum absolute atomic E-state index is 0.134. The summed E-state index contributed by atoms with van der Waals surface area (Å²) in [5.74, 6) is 0.727. The summed E-state index contributed by atoms with van der Waals surface area (Å²) >= 11 is 6.59. The molecular weight excluding hydrogens is 538 g/mol. The number of rotatable bonds is 8. The van der Waals surface area contributed by atoms with E-state index in [1.807, 2.05) is 24.3 Å². The number of likely N-dealkylation sites (N-methyl/N-ethyl adjacent to an activating group) is 1. The van der Waals surface area contributed by atoms with Crippen LogP contribution in [0.25, 0.3) is 4.85 Å². The van der Waals surface area contributed by atoms with Crippen molar-refractivity contribution in [2.75, 3.05) is 63.2 Å². The van der Waals surface area contributed by atoms with Crippen LogP contribution in [-0.4, -0.2) is 90.7 Å². The second-order valence-corrected chi connectivity index (χ2v) is 12.0. The molecule has 1 aromatic heterocycles. The van der Waals surface area contributed by atoms with Gasteiger partial charge in [-0.05, 0) is 64.4 Å². The van der Waals surface area contributed by atoms with Gasteiger partial charge in [-0.25, -0.2) is 6.57 Å². The van der Waals surface area contributed by atoms with E-state index in [-0.39, 0.29) is 24.1 Å². The number of benzene rings is 1. The van der Waals surface area contributed by atoms with Gasteiger partial charge in [0, 0.05) is 38.3 Å². The van der Waals surface area contributed by atoms with Crippen LogP contribution in [0.1, 0.15) is 43.4 Å². The van der Waals surface area contributed by atoms with E-state index in [2.05, 4.69) is 40.2 Å². The number of fused-ring (bicyclic) bond motifs is 1. The third kappa shape index (κ3) is 6.44. The molecule has 2 aromatic rings. The van der Waals surface area contributed by atoms with Crippen LogP contribution in [-0.2, 0) is 17.8 Å². The first-order valence-electron chi connectivity index (χ1n) is 14.6. The monoisotopic (exact) mass is 577 g/mol. The molecule has 1 aliphatic carbocycles. The van der Waals surface area contributed by atoms with Gasteiger partial charge < -0.3 is 29.2 Å². The average molecular weight is 578 g/mol. The van der Waals surface area contributed by atoms with Crippen molar-refractivity contribution in [2.24, 2.45) is 0 Å². The lowest BCUT2D eigenvalue weighted by Gasteiger charge is -2.42. The highest BCUT2D eigenvalue weighted by atomic mass is 35.5. The van der Waals surface area contributed by atoms with E-state index in [4.69, 9.17) is 32.9 Å². The molecule has 10 heteroatoms. The highest BCUT2D eigenvalue weighted by Gasteiger charge is 2.38. The van der Waals surface area contributed by atoms with E-state index in [9.17, 15) is 4.79 Å². The number of nitrogens with zero attached hydrogens (tertiary/aromatic N) is 7. The molecule has 5 rings (SSSR count). The van der Waals surface area contributed by atoms with Crippen molar-refractivity contribution >= 4 is 29.0 Å². The normalized spacial score (nSPS) is 20.4. The molecule has 1 amide bonds. The van der Waals surface area contributed by atoms with Gasteiger partial charge in [-0.15, -0.1) is 0 Å². The van der Waals surface area contributed by atoms with Crippen molar-refractivity contribution in [3.63, 3.8) is 0 Å². The molecule has 41 heavy (non-hydrogen) atoms. The van der Waals surface area contributed by atoms with Crippen LogP contribution in [0, 0.1) is 6.57 Å². The standard InChI is InChI=1S/C31H40ClN7O2/c1-5-28(40)39-18-17-38(20-23(39)19-33-2)29-24-13-16-37(27-12-8-7-11-25(27)32)21-26(24)34-30(35-29)41-31(22-36(3)4)14-9-6-10-15-31/h5,7-8,11-12,23H,1,6,9-10,13-22H2,3-4H3/t23-/m0/s1. The molecule has 3 heterocycles. The van der Waals surface area contributed by atoms with Gasteiger partial charge in [0.05, 0.1) is 22.9 Å². The van der Waals surface area contributed by atoms with Crippen LogP contribution in [0.5, 0.6) is 6.01 Å². The highest BCUT2D eigenvalue weighted by molar-refractivity contribution is 6.33. The lowest BCUT2D eigenvalue weighted by molar-refractivity contribution is -0.128. The largest absolute Gasteiger partial charge is 0.455 e. The van der Waals surface area contributed by atoms with Crippen molar-refractivity contribution in [2.45, 2.75) is 56.7 Å². The summed E-state index contributed by atoms with van der Waals surface area (Å²) < 4.78 is 6.81. The molecule has 9 nitrogen and oxygen atoms in total. The van der Waals surface area contributed by atoms with E-state index in [1.54, 1.807) is 4.90 Å². The maximum Gasteiger partial charge on any atom is 0.319 e. The molecule has 218 valence electrons. The van der Waals surface area contributed by atoms with E-state index in [0.717, 1.165) is 73.0 Å². The number of aromatic nitrogens is 2. The zero-order chi connectivity index (χ0) is 29.0. The summed E-state index contributed by atoms with van der Waals surface area (Å²) in [6.07, 6.45) is 7.52. The van der Waals surface area contributed by atoms with E-state index in [1.165, 1.54) is 12.5 Å². The second-order valence-electron chi connectivity index (χ2n) is 11.6. The third-order valence-electron chi connectivity index (χ3n) is 8.43. The number of piperazine rings is 1. The first kappa shape index (κ1) is 29.2. The molecule has 1 saturated carbocycles. The van der Waals surface area contributed by atoms with Gasteiger partial charge in [0.15, 0.2) is 0 Å². The number of ether oxygens (including phenoxy) is 1. The number of halogens is 1. The van der Waals surface area contributed by atoms with Gasteiger partial charge in [-0.2, -0.15) is 9.97 Å². The first-order valence-corrected chi connectivity index (χ1v) is 14.9. The Balaban J connectivity index is 1.52. The van der Waals surface area contributed by atoms with Crippen LogP contribution < -0.4 is 14.5 Å². The van der Waals surface area contributed by atoms with Crippen molar-refractivity contribution in [3.8, 4) is 6.01 Å². The summed E-state index contributed by atoms with van der Waals surface area (Å²) in [5.41, 5.74) is 2.72. The van der Waals surface area contributed by atoms with E-state index in [0.29, 0.717) is 32.2 Å². The van der Waals surface area contributed by atoms with Crippen LogP contribution >= 0.6 is 11.6 Å². The predicted octanol–water partition coefficient (Wildman–Crippen LogP) is 4.46. The van der Waals surface area contributed by atoms with Crippen molar-refractivity contribution in [1.29, 1.82) is 0 Å². The van der Waals surface area contributed by atoms with Crippen LogP contribution in [0.3, 0.4) is 0 Å². The number of carbonyl (C=O) groups excluding carboxylic acids is 1. The Hall–Kier alpha value is -3.35. The van der Waals surface area contributed by atoms with Crippen molar-refractivity contribution < 1.29 is 9.53 Å². The molecule has 0 N–H and O–H groups in total. The SMILES string of the molecule is [C-]#[N+]C[C@H]1CN(c2nc(OC3(CN(C)C)CCCCC3)nc3c2CCN(c2ccccc2Cl)C3)CCN1C(=O)C=C. The van der Waals surface area contributed by atoms with Crippen LogP contribution in [0.15, 0.2) is 36.9 Å². The number of amides is 1. The molecule has 3 aliphatic rings. The first-order chi connectivity index (χ1) is 19.8. The minimum Gasteiger partial charge on any atom is -0.455 e. The van der Waals surface area contributed by atoms with Crippen LogP contribution in [0.4, 0.5) is 11.5 Å².